The number of rotatable bonds is 2. The minimum atomic E-state index is 0.533. The maximum atomic E-state index is 5.18. The monoisotopic (exact) mass is 188 g/mol. The van der Waals surface area contributed by atoms with Gasteiger partial charge < -0.3 is 0 Å². The summed E-state index contributed by atoms with van der Waals surface area (Å²) < 4.78 is 1.76. The minimum Gasteiger partial charge on any atom is -0.260 e. The molecule has 0 fully saturated rings. The molecule has 0 bridgehead atoms. The number of terminal acetylenes is 1. The van der Waals surface area contributed by atoms with Gasteiger partial charge in [0.25, 0.3) is 0 Å². The van der Waals surface area contributed by atoms with Gasteiger partial charge in [-0.05, 0) is 11.4 Å². The number of thiophene rings is 1. The van der Waals surface area contributed by atoms with Crippen LogP contribution in [0.5, 0.6) is 0 Å². The molecule has 3 heteroatoms. The fraction of sp³-hybridized carbons (Fsp3) is 0.100. The maximum absolute atomic E-state index is 5.18. The SMILES string of the molecule is C#CCn1cc(-c2cccs2)cn1. The lowest BCUT2D eigenvalue weighted by atomic mass is 10.3. The van der Waals surface area contributed by atoms with E-state index in [4.69, 9.17) is 6.42 Å². The molecule has 0 unspecified atom stereocenters. The van der Waals surface area contributed by atoms with E-state index in [1.807, 2.05) is 23.8 Å². The molecule has 0 aliphatic carbocycles. The van der Waals surface area contributed by atoms with Crippen molar-refractivity contribution in [3.8, 4) is 22.8 Å². The summed E-state index contributed by atoms with van der Waals surface area (Å²) in [6, 6.07) is 4.10. The number of aromatic nitrogens is 2. The van der Waals surface area contributed by atoms with Crippen LogP contribution in [0.3, 0.4) is 0 Å². The average molecular weight is 188 g/mol. The van der Waals surface area contributed by atoms with Crippen LogP contribution in [0.1, 0.15) is 0 Å². The van der Waals surface area contributed by atoms with Crippen molar-refractivity contribution in [1.29, 1.82) is 0 Å². The Morgan fingerprint density at radius 3 is 3.23 bits per heavy atom. The van der Waals surface area contributed by atoms with Gasteiger partial charge in [-0.3, -0.25) is 4.68 Å². The van der Waals surface area contributed by atoms with Crippen molar-refractivity contribution in [2.24, 2.45) is 0 Å². The van der Waals surface area contributed by atoms with E-state index in [1.165, 1.54) is 4.88 Å². The smallest absolute Gasteiger partial charge is 0.101 e. The van der Waals surface area contributed by atoms with Gasteiger partial charge in [0, 0.05) is 16.6 Å². The van der Waals surface area contributed by atoms with E-state index >= 15 is 0 Å². The van der Waals surface area contributed by atoms with Crippen LogP contribution in [0, 0.1) is 12.3 Å². The van der Waals surface area contributed by atoms with Crippen LogP contribution in [0.2, 0.25) is 0 Å². The van der Waals surface area contributed by atoms with Crippen LogP contribution in [0.4, 0.5) is 0 Å². The largest absolute Gasteiger partial charge is 0.260 e. The van der Waals surface area contributed by atoms with Crippen molar-refractivity contribution in [1.82, 2.24) is 9.78 Å². The number of nitrogens with zero attached hydrogens (tertiary/aromatic N) is 2. The topological polar surface area (TPSA) is 17.8 Å². The van der Waals surface area contributed by atoms with Crippen molar-refractivity contribution in [2.45, 2.75) is 6.54 Å². The second-order valence-electron chi connectivity index (χ2n) is 2.61. The molecule has 0 saturated heterocycles. The van der Waals surface area contributed by atoms with Gasteiger partial charge in [0.1, 0.15) is 6.54 Å². The first kappa shape index (κ1) is 8.09. The molecule has 0 spiro atoms. The second kappa shape index (κ2) is 3.46. The fourth-order valence-corrected chi connectivity index (χ4v) is 1.82. The molecule has 2 heterocycles. The zero-order valence-electron chi connectivity index (χ0n) is 6.97. The molecular formula is C10H8N2S. The predicted molar refractivity (Wildman–Crippen MR) is 54.4 cm³/mol. The Labute approximate surface area is 80.8 Å². The lowest BCUT2D eigenvalue weighted by Gasteiger charge is -1.90. The molecule has 0 aliphatic heterocycles. The van der Waals surface area contributed by atoms with E-state index in [2.05, 4.69) is 17.1 Å². The summed E-state index contributed by atoms with van der Waals surface area (Å²) >= 11 is 1.70. The Hall–Kier alpha value is -1.53. The molecule has 2 aromatic rings. The third-order valence-electron chi connectivity index (χ3n) is 1.69. The standard InChI is InChI=1S/C10H8N2S/c1-2-5-12-8-9(7-11-12)10-4-3-6-13-10/h1,3-4,6-8H,5H2. The second-order valence-corrected chi connectivity index (χ2v) is 3.56. The Balaban J connectivity index is 2.29. The van der Waals surface area contributed by atoms with Crippen LogP contribution >= 0.6 is 11.3 Å². The van der Waals surface area contributed by atoms with Crippen molar-refractivity contribution in [3.63, 3.8) is 0 Å². The Bertz CT molecular complexity index is 420. The molecule has 0 saturated carbocycles. The minimum absolute atomic E-state index is 0.533. The van der Waals surface area contributed by atoms with Crippen LogP contribution in [-0.4, -0.2) is 9.78 Å². The van der Waals surface area contributed by atoms with Crippen molar-refractivity contribution < 1.29 is 0 Å². The van der Waals surface area contributed by atoms with Gasteiger partial charge >= 0.3 is 0 Å². The van der Waals surface area contributed by atoms with E-state index in [0.717, 1.165) is 5.56 Å². The maximum Gasteiger partial charge on any atom is 0.101 e. The van der Waals surface area contributed by atoms with Crippen LogP contribution in [0.15, 0.2) is 29.9 Å². The summed E-state index contributed by atoms with van der Waals surface area (Å²) in [4.78, 5) is 1.23. The lowest BCUT2D eigenvalue weighted by Crippen LogP contribution is -1.93. The van der Waals surface area contributed by atoms with Crippen molar-refractivity contribution >= 4 is 11.3 Å². The van der Waals surface area contributed by atoms with Gasteiger partial charge in [-0.15, -0.1) is 17.8 Å². The van der Waals surface area contributed by atoms with Crippen molar-refractivity contribution in [3.05, 3.63) is 29.9 Å². The van der Waals surface area contributed by atoms with Gasteiger partial charge in [-0.25, -0.2) is 0 Å². The van der Waals surface area contributed by atoms with Crippen LogP contribution in [0.25, 0.3) is 10.4 Å². The first-order chi connectivity index (χ1) is 6.40. The Morgan fingerprint density at radius 1 is 1.62 bits per heavy atom. The quantitative estimate of drug-likeness (QED) is 0.661. The highest BCUT2D eigenvalue weighted by molar-refractivity contribution is 7.13. The molecular weight excluding hydrogens is 180 g/mol. The fourth-order valence-electron chi connectivity index (χ4n) is 1.11. The summed E-state index contributed by atoms with van der Waals surface area (Å²) in [5, 5.41) is 6.19. The van der Waals surface area contributed by atoms with E-state index < -0.39 is 0 Å². The highest BCUT2D eigenvalue weighted by Crippen LogP contribution is 2.23. The van der Waals surface area contributed by atoms with Gasteiger partial charge in [-0.2, -0.15) is 5.10 Å². The molecule has 0 aliphatic rings. The van der Waals surface area contributed by atoms with Crippen LogP contribution in [-0.2, 0) is 6.54 Å². The van der Waals surface area contributed by atoms with Crippen molar-refractivity contribution in [2.75, 3.05) is 0 Å². The van der Waals surface area contributed by atoms with Gasteiger partial charge in [-0.1, -0.05) is 12.0 Å². The molecule has 0 aromatic carbocycles. The van der Waals surface area contributed by atoms with Crippen LogP contribution < -0.4 is 0 Å². The third-order valence-corrected chi connectivity index (χ3v) is 2.61. The molecule has 64 valence electrons. The molecule has 2 aromatic heterocycles. The Morgan fingerprint density at radius 2 is 2.54 bits per heavy atom. The molecule has 0 N–H and O–H groups in total. The lowest BCUT2D eigenvalue weighted by molar-refractivity contribution is 0.716. The molecule has 2 rings (SSSR count). The van der Waals surface area contributed by atoms with E-state index in [1.54, 1.807) is 16.0 Å². The Kier molecular flexibility index (Phi) is 2.15. The summed E-state index contributed by atoms with van der Waals surface area (Å²) in [7, 11) is 0. The zero-order valence-corrected chi connectivity index (χ0v) is 7.79. The molecule has 2 nitrogen and oxygen atoms in total. The molecule has 13 heavy (non-hydrogen) atoms. The zero-order chi connectivity index (χ0) is 9.10. The third kappa shape index (κ3) is 1.63. The number of hydrogen-bond donors (Lipinski definition) is 0. The molecule has 0 amide bonds. The summed E-state index contributed by atoms with van der Waals surface area (Å²) in [5.74, 6) is 2.55. The highest BCUT2D eigenvalue weighted by Gasteiger charge is 2.00. The predicted octanol–water partition coefficient (Wildman–Crippen LogP) is 2.24. The first-order valence-corrected chi connectivity index (χ1v) is 4.78. The molecule has 0 atom stereocenters. The van der Waals surface area contributed by atoms with E-state index in [9.17, 15) is 0 Å². The van der Waals surface area contributed by atoms with Gasteiger partial charge in [0.15, 0.2) is 0 Å². The van der Waals surface area contributed by atoms with E-state index in [-0.39, 0.29) is 0 Å². The van der Waals surface area contributed by atoms with Gasteiger partial charge in [0.05, 0.1) is 6.20 Å². The number of hydrogen-bond acceptors (Lipinski definition) is 2. The summed E-state index contributed by atoms with van der Waals surface area (Å²) in [6.07, 6.45) is 8.98. The summed E-state index contributed by atoms with van der Waals surface area (Å²) in [6.45, 7) is 0.533. The first-order valence-electron chi connectivity index (χ1n) is 3.90. The van der Waals surface area contributed by atoms with E-state index in [0.29, 0.717) is 6.54 Å². The van der Waals surface area contributed by atoms with Gasteiger partial charge in [0.2, 0.25) is 0 Å². The molecule has 0 radical (unpaired) electrons. The average Bonchev–Trinajstić information content (AvgIpc) is 2.70. The normalized spacial score (nSPS) is 9.77. The summed E-state index contributed by atoms with van der Waals surface area (Å²) in [5.41, 5.74) is 1.13. The highest BCUT2D eigenvalue weighted by atomic mass is 32.1.